The van der Waals surface area contributed by atoms with Crippen LogP contribution < -0.4 is 4.90 Å². The number of methoxy groups -OCH3 is 2. The number of para-hydroxylation sites is 1. The number of nitrogens with zero attached hydrogens (tertiary/aromatic N) is 1. The first-order valence-corrected chi connectivity index (χ1v) is 12.7. The van der Waals surface area contributed by atoms with Gasteiger partial charge in [-0.1, -0.05) is 109 Å². The minimum atomic E-state index is -2.24. The highest BCUT2D eigenvalue weighted by Crippen LogP contribution is 2.45. The van der Waals surface area contributed by atoms with Crippen molar-refractivity contribution in [1.29, 1.82) is 0 Å². The number of carbonyl (C=O) groups excluding carboxylic acids is 3. The highest BCUT2D eigenvalue weighted by Gasteiger charge is 2.63. The molecule has 1 atom stereocenters. The second-order valence-corrected chi connectivity index (χ2v) is 9.03. The maximum atomic E-state index is 14.3. The lowest BCUT2D eigenvalue weighted by atomic mass is 9.93. The molecule has 4 aromatic rings. The van der Waals surface area contributed by atoms with E-state index in [1.807, 2.05) is 60.7 Å². The molecular weight excluding hydrogens is 506 g/mol. The summed E-state index contributed by atoms with van der Waals surface area (Å²) in [4.78, 5) is 43.3. The smallest absolute Gasteiger partial charge is 0.365 e. The highest BCUT2D eigenvalue weighted by molar-refractivity contribution is 6.26. The number of hydrogen-bond acceptors (Lipinski definition) is 6. The van der Waals surface area contributed by atoms with E-state index in [0.29, 0.717) is 5.69 Å². The molecule has 4 aromatic carbocycles. The average molecular weight is 534 g/mol. The molecule has 1 aliphatic rings. The fourth-order valence-electron chi connectivity index (χ4n) is 4.90. The van der Waals surface area contributed by atoms with Crippen LogP contribution in [0.3, 0.4) is 0 Å². The van der Waals surface area contributed by atoms with Crippen LogP contribution >= 0.6 is 0 Å². The SMILES string of the molecule is COC(=O)C1(OC)C(C(=O)c2ccccc2)=C(OC(c2ccccc2)c2ccccc2)C(=O)N1c1ccccc1. The van der Waals surface area contributed by atoms with Crippen molar-refractivity contribution >= 4 is 23.3 Å². The number of carbonyl (C=O) groups is 3. The fraction of sp³-hybridized carbons (Fsp3) is 0.121. The van der Waals surface area contributed by atoms with Gasteiger partial charge in [0.25, 0.3) is 11.6 Å². The number of ether oxygens (including phenoxy) is 3. The van der Waals surface area contributed by atoms with Gasteiger partial charge < -0.3 is 14.2 Å². The lowest BCUT2D eigenvalue weighted by molar-refractivity contribution is -0.161. The Morgan fingerprint density at radius 3 is 1.65 bits per heavy atom. The Morgan fingerprint density at radius 1 is 0.700 bits per heavy atom. The molecule has 0 aliphatic carbocycles. The Morgan fingerprint density at radius 2 is 1.18 bits per heavy atom. The fourth-order valence-corrected chi connectivity index (χ4v) is 4.90. The van der Waals surface area contributed by atoms with E-state index in [9.17, 15) is 14.4 Å². The van der Waals surface area contributed by atoms with Crippen LogP contribution in [0.2, 0.25) is 0 Å². The summed E-state index contributed by atoms with van der Waals surface area (Å²) in [6, 6.07) is 35.5. The van der Waals surface area contributed by atoms with Crippen molar-refractivity contribution in [3.63, 3.8) is 0 Å². The van der Waals surface area contributed by atoms with Crippen LogP contribution in [-0.4, -0.2) is 37.6 Å². The van der Waals surface area contributed by atoms with Crippen LogP contribution in [0.4, 0.5) is 5.69 Å². The van der Waals surface area contributed by atoms with E-state index in [0.717, 1.165) is 16.0 Å². The van der Waals surface area contributed by atoms with Crippen LogP contribution in [0.25, 0.3) is 0 Å². The lowest BCUT2D eigenvalue weighted by Gasteiger charge is -2.35. The summed E-state index contributed by atoms with van der Waals surface area (Å²) in [6.45, 7) is 0. The minimum absolute atomic E-state index is 0.252. The number of rotatable bonds is 9. The van der Waals surface area contributed by atoms with E-state index in [-0.39, 0.29) is 16.9 Å². The third-order valence-electron chi connectivity index (χ3n) is 6.75. The van der Waals surface area contributed by atoms with E-state index in [2.05, 4.69) is 0 Å². The molecule has 0 radical (unpaired) electrons. The number of ketones is 1. The zero-order chi connectivity index (χ0) is 28.1. The van der Waals surface area contributed by atoms with Gasteiger partial charge in [-0.3, -0.25) is 14.5 Å². The van der Waals surface area contributed by atoms with E-state index in [4.69, 9.17) is 14.2 Å². The van der Waals surface area contributed by atoms with Crippen LogP contribution in [0, 0.1) is 0 Å². The number of amides is 1. The van der Waals surface area contributed by atoms with Crippen molar-refractivity contribution in [2.75, 3.05) is 19.1 Å². The van der Waals surface area contributed by atoms with Gasteiger partial charge in [0.15, 0.2) is 11.5 Å². The molecule has 0 N–H and O–H groups in total. The largest absolute Gasteiger partial charge is 0.475 e. The maximum Gasteiger partial charge on any atom is 0.365 e. The van der Waals surface area contributed by atoms with Crippen molar-refractivity contribution < 1.29 is 28.6 Å². The number of esters is 1. The Bertz CT molecular complexity index is 1500. The van der Waals surface area contributed by atoms with Gasteiger partial charge in [-0.2, -0.15) is 0 Å². The van der Waals surface area contributed by atoms with Crippen molar-refractivity contribution in [2.24, 2.45) is 0 Å². The van der Waals surface area contributed by atoms with Crippen LogP contribution in [0.5, 0.6) is 0 Å². The molecule has 0 saturated carbocycles. The Hall–Kier alpha value is -5.01. The predicted octanol–water partition coefficient (Wildman–Crippen LogP) is 5.49. The molecular formula is C33H27NO6. The highest BCUT2D eigenvalue weighted by atomic mass is 16.6. The zero-order valence-corrected chi connectivity index (χ0v) is 22.0. The van der Waals surface area contributed by atoms with Crippen LogP contribution in [0.1, 0.15) is 27.6 Å². The summed E-state index contributed by atoms with van der Waals surface area (Å²) >= 11 is 0. The number of anilines is 1. The van der Waals surface area contributed by atoms with Crippen molar-refractivity contribution in [3.05, 3.63) is 149 Å². The molecule has 40 heavy (non-hydrogen) atoms. The van der Waals surface area contributed by atoms with E-state index < -0.39 is 29.5 Å². The molecule has 0 aromatic heterocycles. The number of Topliss-reactive ketones (excluding diaryl/α,β-unsaturated/α-hetero) is 1. The third kappa shape index (κ3) is 4.57. The summed E-state index contributed by atoms with van der Waals surface area (Å²) in [5.41, 5.74) is -0.429. The van der Waals surface area contributed by atoms with Gasteiger partial charge in [0.1, 0.15) is 11.7 Å². The minimum Gasteiger partial charge on any atom is -0.475 e. The Kier molecular flexibility index (Phi) is 7.57. The molecule has 1 unspecified atom stereocenters. The second kappa shape index (κ2) is 11.4. The maximum absolute atomic E-state index is 14.3. The normalized spacial score (nSPS) is 16.8. The predicted molar refractivity (Wildman–Crippen MR) is 149 cm³/mol. The molecule has 0 bridgehead atoms. The number of hydrogen-bond donors (Lipinski definition) is 0. The molecule has 0 spiro atoms. The topological polar surface area (TPSA) is 82.1 Å². The first-order valence-electron chi connectivity index (χ1n) is 12.7. The van der Waals surface area contributed by atoms with Gasteiger partial charge in [-0.05, 0) is 23.3 Å². The first-order chi connectivity index (χ1) is 19.5. The zero-order valence-electron chi connectivity index (χ0n) is 22.0. The van der Waals surface area contributed by atoms with Gasteiger partial charge in [-0.15, -0.1) is 0 Å². The summed E-state index contributed by atoms with van der Waals surface area (Å²) < 4.78 is 17.5. The van der Waals surface area contributed by atoms with Crippen LogP contribution in [0.15, 0.2) is 133 Å². The summed E-state index contributed by atoms with van der Waals surface area (Å²) in [7, 11) is 2.43. The quantitative estimate of drug-likeness (QED) is 0.209. The van der Waals surface area contributed by atoms with Gasteiger partial charge in [0.2, 0.25) is 0 Å². The average Bonchev–Trinajstić information content (AvgIpc) is 3.28. The molecule has 7 nitrogen and oxygen atoms in total. The van der Waals surface area contributed by atoms with Gasteiger partial charge in [0.05, 0.1) is 7.11 Å². The van der Waals surface area contributed by atoms with Crippen LogP contribution in [-0.2, 0) is 23.8 Å². The molecule has 1 amide bonds. The first kappa shape index (κ1) is 26.6. The van der Waals surface area contributed by atoms with Crippen molar-refractivity contribution in [2.45, 2.75) is 11.8 Å². The molecule has 1 heterocycles. The second-order valence-electron chi connectivity index (χ2n) is 9.03. The molecule has 0 fully saturated rings. The summed E-state index contributed by atoms with van der Waals surface area (Å²) in [6.07, 6.45) is -0.775. The lowest BCUT2D eigenvalue weighted by Crippen LogP contribution is -2.57. The Balaban J connectivity index is 1.78. The third-order valence-corrected chi connectivity index (χ3v) is 6.75. The summed E-state index contributed by atoms with van der Waals surface area (Å²) in [5, 5.41) is 0. The van der Waals surface area contributed by atoms with Gasteiger partial charge >= 0.3 is 5.97 Å². The molecule has 7 heteroatoms. The molecule has 0 saturated heterocycles. The molecule has 200 valence electrons. The number of benzene rings is 4. The van der Waals surface area contributed by atoms with E-state index >= 15 is 0 Å². The van der Waals surface area contributed by atoms with Gasteiger partial charge in [0, 0.05) is 18.4 Å². The standard InChI is InChI=1S/C33H27NO6/c1-38-32(37)33(39-2)27(28(35)23-15-7-3-8-16-23)30(31(36)34(33)26-21-13-6-14-22-26)40-29(24-17-9-4-10-18-24)25-19-11-5-12-20-25/h3-22,29H,1-2H3. The van der Waals surface area contributed by atoms with E-state index in [1.165, 1.54) is 14.2 Å². The van der Waals surface area contributed by atoms with E-state index in [1.54, 1.807) is 60.7 Å². The van der Waals surface area contributed by atoms with Gasteiger partial charge in [-0.25, -0.2) is 4.79 Å². The summed E-state index contributed by atoms with van der Waals surface area (Å²) in [5.74, 6) is -2.56. The molecule has 1 aliphatic heterocycles. The Labute approximate surface area is 232 Å². The van der Waals surface area contributed by atoms with Crippen molar-refractivity contribution in [1.82, 2.24) is 0 Å². The molecule has 5 rings (SSSR count). The monoisotopic (exact) mass is 533 g/mol. The van der Waals surface area contributed by atoms with Crippen molar-refractivity contribution in [3.8, 4) is 0 Å².